The number of nitrogens with one attached hydrogen (secondary N) is 1. The molecule has 0 aliphatic rings. The van der Waals surface area contributed by atoms with E-state index < -0.39 is 0 Å². The van der Waals surface area contributed by atoms with E-state index in [2.05, 4.69) is 19.2 Å². The summed E-state index contributed by atoms with van der Waals surface area (Å²) in [6, 6.07) is 0. The summed E-state index contributed by atoms with van der Waals surface area (Å²) >= 11 is 0. The van der Waals surface area contributed by atoms with Gasteiger partial charge in [0.2, 0.25) is 0 Å². The number of hydrogen-bond acceptors (Lipinski definition) is 1. The van der Waals surface area contributed by atoms with Gasteiger partial charge in [0.15, 0.2) is 0 Å². The van der Waals surface area contributed by atoms with Gasteiger partial charge in [-0.3, -0.25) is 0 Å². The van der Waals surface area contributed by atoms with Crippen molar-refractivity contribution in [2.24, 2.45) is 0 Å². The van der Waals surface area contributed by atoms with Crippen molar-refractivity contribution < 1.29 is 0 Å². The number of rotatable bonds is 3. The molecule has 0 radical (unpaired) electrons. The number of hydrogen-bond donors (Lipinski definition) is 1. The highest BCUT2D eigenvalue weighted by Crippen LogP contribution is 1.72. The first kappa shape index (κ1) is 7.18. The first-order valence-electron chi connectivity index (χ1n) is 3.00. The van der Waals surface area contributed by atoms with Crippen LogP contribution in [0.3, 0.4) is 0 Å². The van der Waals surface area contributed by atoms with Crippen LogP contribution >= 0.6 is 0 Å². The van der Waals surface area contributed by atoms with E-state index in [9.17, 15) is 0 Å². The van der Waals surface area contributed by atoms with E-state index in [0.717, 1.165) is 5.67 Å². The molecule has 0 bridgehead atoms. The van der Waals surface area contributed by atoms with Gasteiger partial charge in [-0.25, -0.2) is 0 Å². The van der Waals surface area contributed by atoms with Crippen molar-refractivity contribution in [2.45, 2.75) is 25.9 Å². The maximum absolute atomic E-state index is 3.36. The van der Waals surface area contributed by atoms with Crippen LogP contribution in [-0.4, -0.2) is 22.5 Å². The fraction of sp³-hybridized carbons (Fsp3) is 1.00. The van der Waals surface area contributed by atoms with Gasteiger partial charge in [0, 0.05) is 10.2 Å². The molecule has 1 unspecified atom stereocenters. The summed E-state index contributed by atoms with van der Waals surface area (Å²) in [5.41, 5.74) is 0.792. The molecule has 0 saturated heterocycles. The monoisotopic (exact) mass is 117 g/mol. The third kappa shape index (κ3) is 6.18. The lowest BCUT2D eigenvalue weighted by molar-refractivity contribution is 0.663. The van der Waals surface area contributed by atoms with E-state index in [0.29, 0.717) is 0 Å². The van der Waals surface area contributed by atoms with E-state index in [4.69, 9.17) is 0 Å². The molecule has 1 atom stereocenters. The molecule has 0 aliphatic carbocycles. The summed E-state index contributed by atoms with van der Waals surface area (Å²) in [5, 5.41) is 3.36. The molecule has 0 aromatic heterocycles. The molecule has 0 rings (SSSR count). The van der Waals surface area contributed by atoms with E-state index in [1.807, 2.05) is 0 Å². The van der Waals surface area contributed by atoms with Crippen molar-refractivity contribution in [3.63, 3.8) is 0 Å². The minimum Gasteiger partial charge on any atom is -0.318 e. The molecule has 1 nitrogen and oxygen atoms in total. The van der Waals surface area contributed by atoms with Gasteiger partial charge in [0.1, 0.15) is 0 Å². The molecule has 0 aliphatic heterocycles. The van der Waals surface area contributed by atoms with Crippen LogP contribution in [0.25, 0.3) is 0 Å². The summed E-state index contributed by atoms with van der Waals surface area (Å²) in [4.78, 5) is 0. The highest BCUT2D eigenvalue weighted by atomic mass is 28.1. The zero-order valence-electron chi connectivity index (χ0n) is 5.49. The smallest absolute Gasteiger partial charge is 0.0237 e. The van der Waals surface area contributed by atoms with Crippen molar-refractivity contribution in [1.29, 1.82) is 0 Å². The summed E-state index contributed by atoms with van der Waals surface area (Å²) in [7, 11) is 1.27. The average Bonchev–Trinajstić information content (AvgIpc) is 1.61. The Morgan fingerprint density at radius 1 is 1.71 bits per heavy atom. The Bertz CT molecular complexity index is 37.1. The first-order valence-corrected chi connectivity index (χ1v) is 4.16. The molecular weight excluding hydrogens is 102 g/mol. The van der Waals surface area contributed by atoms with Crippen molar-refractivity contribution in [3.8, 4) is 0 Å². The maximum Gasteiger partial charge on any atom is 0.0237 e. The molecule has 0 amide bonds. The van der Waals surface area contributed by atoms with E-state index in [-0.39, 0.29) is 0 Å². The highest BCUT2D eigenvalue weighted by Gasteiger charge is 1.85. The summed E-state index contributed by atoms with van der Waals surface area (Å²) in [6.45, 7) is 5.60. The van der Waals surface area contributed by atoms with Crippen molar-refractivity contribution in [1.82, 2.24) is 5.32 Å². The van der Waals surface area contributed by atoms with Gasteiger partial charge < -0.3 is 5.32 Å². The second kappa shape index (κ2) is 4.34. The normalized spacial score (nSPS) is 14.6. The molecule has 0 saturated carbocycles. The zero-order valence-corrected chi connectivity index (χ0v) is 7.49. The Balaban J connectivity index is 2.68. The van der Waals surface area contributed by atoms with Gasteiger partial charge in [-0.05, 0) is 18.6 Å². The Labute approximate surface area is 48.9 Å². The summed E-state index contributed by atoms with van der Waals surface area (Å²) in [5.74, 6) is 0. The molecule has 1 N–H and O–H groups in total. The second-order valence-electron chi connectivity index (χ2n) is 2.11. The molecule has 0 aromatic carbocycles. The summed E-state index contributed by atoms with van der Waals surface area (Å²) in [6.07, 6.45) is 1.26. The van der Waals surface area contributed by atoms with Crippen LogP contribution < -0.4 is 5.32 Å². The van der Waals surface area contributed by atoms with Gasteiger partial charge in [-0.2, -0.15) is 0 Å². The van der Waals surface area contributed by atoms with Crippen LogP contribution in [0.5, 0.6) is 0 Å². The molecule has 0 heterocycles. The van der Waals surface area contributed by atoms with E-state index >= 15 is 0 Å². The third-order valence-electron chi connectivity index (χ3n) is 0.803. The van der Waals surface area contributed by atoms with Crippen molar-refractivity contribution in [2.75, 3.05) is 6.54 Å². The lowest BCUT2D eigenvalue weighted by Crippen LogP contribution is -2.26. The Morgan fingerprint density at radius 3 is 2.43 bits per heavy atom. The fourth-order valence-electron chi connectivity index (χ4n) is 0.433. The largest absolute Gasteiger partial charge is 0.318 e. The van der Waals surface area contributed by atoms with Gasteiger partial charge >= 0.3 is 0 Å². The van der Waals surface area contributed by atoms with Gasteiger partial charge in [-0.1, -0.05) is 13.8 Å². The van der Waals surface area contributed by atoms with Crippen LogP contribution in [0.2, 0.25) is 0 Å². The molecule has 7 heavy (non-hydrogen) atoms. The van der Waals surface area contributed by atoms with Crippen LogP contribution in [0.4, 0.5) is 0 Å². The first-order chi connectivity index (χ1) is 3.27. The molecule has 0 spiro atoms. The van der Waals surface area contributed by atoms with Crippen LogP contribution in [0.1, 0.15) is 20.3 Å². The Kier molecular flexibility index (Phi) is 4.45. The average molecular weight is 117 g/mol. The van der Waals surface area contributed by atoms with Gasteiger partial charge in [0.25, 0.3) is 0 Å². The van der Waals surface area contributed by atoms with Gasteiger partial charge in [-0.15, -0.1) is 0 Å². The predicted octanol–water partition coefficient (Wildman–Crippen LogP) is -0.303. The molecule has 0 aromatic rings. The highest BCUT2D eigenvalue weighted by molar-refractivity contribution is 6.11. The molecule has 44 valence electrons. The third-order valence-corrected chi connectivity index (χ3v) is 1.21. The lowest BCUT2D eigenvalue weighted by atomic mass is 10.5. The molecule has 0 fully saturated rings. The Morgan fingerprint density at radius 2 is 2.29 bits per heavy atom. The minimum atomic E-state index is 0.792. The zero-order chi connectivity index (χ0) is 5.70. The quantitative estimate of drug-likeness (QED) is 0.500. The Hall–Kier alpha value is 0.177. The SMILES string of the molecule is CCCNC(C)[SiH3]. The molecule has 2 heteroatoms. The van der Waals surface area contributed by atoms with Crippen molar-refractivity contribution in [3.05, 3.63) is 0 Å². The van der Waals surface area contributed by atoms with Crippen LogP contribution in [0.15, 0.2) is 0 Å². The maximum atomic E-state index is 3.36. The van der Waals surface area contributed by atoms with Crippen LogP contribution in [0, 0.1) is 0 Å². The topological polar surface area (TPSA) is 12.0 Å². The molecular formula is C5H15NSi. The lowest BCUT2D eigenvalue weighted by Gasteiger charge is -2.03. The fourth-order valence-corrected chi connectivity index (χ4v) is 0.722. The van der Waals surface area contributed by atoms with Crippen LogP contribution in [-0.2, 0) is 0 Å². The minimum absolute atomic E-state index is 0.792. The van der Waals surface area contributed by atoms with Gasteiger partial charge in [0.05, 0.1) is 0 Å². The standard InChI is InChI=1S/C5H15NSi/c1-3-4-6-5(2)7/h5-6H,3-4H2,1-2,7H3. The van der Waals surface area contributed by atoms with Crippen molar-refractivity contribution >= 4 is 10.2 Å². The van der Waals surface area contributed by atoms with E-state index in [1.165, 1.54) is 23.2 Å². The van der Waals surface area contributed by atoms with E-state index in [1.54, 1.807) is 0 Å². The predicted molar refractivity (Wildman–Crippen MR) is 37.7 cm³/mol. The second-order valence-corrected chi connectivity index (χ2v) is 3.84. The summed E-state index contributed by atoms with van der Waals surface area (Å²) < 4.78 is 0.